The highest BCUT2D eigenvalue weighted by atomic mass is 19.4. The summed E-state index contributed by atoms with van der Waals surface area (Å²) >= 11 is 0. The van der Waals surface area contributed by atoms with Gasteiger partial charge in [-0.15, -0.1) is 0 Å². The molecule has 0 N–H and O–H groups in total. The van der Waals surface area contributed by atoms with Crippen molar-refractivity contribution in [2.24, 2.45) is 0 Å². The molecule has 0 amide bonds. The van der Waals surface area contributed by atoms with Crippen LogP contribution in [0.15, 0.2) is 36.4 Å². The molecular formula is C20H22F3NO2. The largest absolute Gasteiger partial charge is 0.493 e. The van der Waals surface area contributed by atoms with Gasteiger partial charge in [0.2, 0.25) is 0 Å². The Hall–Kier alpha value is -2.21. The fourth-order valence-corrected chi connectivity index (χ4v) is 3.51. The van der Waals surface area contributed by atoms with E-state index >= 15 is 0 Å². The van der Waals surface area contributed by atoms with Gasteiger partial charge in [0.1, 0.15) is 0 Å². The number of hydrogen-bond acceptors (Lipinski definition) is 3. The number of alkyl halides is 3. The monoisotopic (exact) mass is 365 g/mol. The second kappa shape index (κ2) is 7.19. The molecule has 6 heteroatoms. The lowest BCUT2D eigenvalue weighted by atomic mass is 9.88. The Balaban J connectivity index is 1.92. The van der Waals surface area contributed by atoms with Crippen molar-refractivity contribution in [3.63, 3.8) is 0 Å². The first-order chi connectivity index (χ1) is 12.3. The van der Waals surface area contributed by atoms with Gasteiger partial charge in [-0.2, -0.15) is 13.2 Å². The second-order valence-electron chi connectivity index (χ2n) is 6.55. The van der Waals surface area contributed by atoms with E-state index < -0.39 is 11.7 Å². The Bertz CT molecular complexity index is 789. The molecule has 3 rings (SSSR count). The highest BCUT2D eigenvalue weighted by Gasteiger charge is 2.33. The van der Waals surface area contributed by atoms with Crippen LogP contribution in [0.5, 0.6) is 11.5 Å². The predicted molar refractivity (Wildman–Crippen MR) is 93.8 cm³/mol. The first-order valence-corrected chi connectivity index (χ1v) is 8.44. The Labute approximate surface area is 151 Å². The van der Waals surface area contributed by atoms with Crippen LogP contribution < -0.4 is 9.47 Å². The van der Waals surface area contributed by atoms with Crippen LogP contribution in [-0.4, -0.2) is 32.7 Å². The number of methoxy groups -OCH3 is 2. The standard InChI is InChI=1S/C20H22F3NO2/c1-24-9-8-14-12-15(20(21,22)23)5-6-16(14)17(24)10-13-4-7-18(25-2)19(11-13)26-3/h4-7,11-12,17H,8-10H2,1-3H3/t17-/m0/s1. The van der Waals surface area contributed by atoms with E-state index in [1.54, 1.807) is 20.3 Å². The molecule has 1 aliphatic heterocycles. The van der Waals surface area contributed by atoms with E-state index in [9.17, 15) is 13.2 Å². The molecule has 3 nitrogen and oxygen atoms in total. The lowest BCUT2D eigenvalue weighted by Gasteiger charge is -2.35. The zero-order chi connectivity index (χ0) is 18.9. The predicted octanol–water partition coefficient (Wildman–Crippen LogP) is 4.49. The average Bonchev–Trinajstić information content (AvgIpc) is 2.62. The average molecular weight is 365 g/mol. The van der Waals surface area contributed by atoms with Gasteiger partial charge in [-0.3, -0.25) is 4.90 Å². The molecule has 140 valence electrons. The van der Waals surface area contributed by atoms with Crippen LogP contribution in [0.1, 0.15) is 28.3 Å². The minimum atomic E-state index is -4.31. The van der Waals surface area contributed by atoms with Gasteiger partial charge < -0.3 is 9.47 Å². The summed E-state index contributed by atoms with van der Waals surface area (Å²) in [6.45, 7) is 0.728. The molecule has 0 spiro atoms. The highest BCUT2D eigenvalue weighted by Crippen LogP contribution is 2.37. The van der Waals surface area contributed by atoms with Crippen molar-refractivity contribution in [3.8, 4) is 11.5 Å². The van der Waals surface area contributed by atoms with Crippen molar-refractivity contribution in [2.75, 3.05) is 27.8 Å². The van der Waals surface area contributed by atoms with Crippen LogP contribution in [0.3, 0.4) is 0 Å². The first kappa shape index (κ1) is 18.6. The van der Waals surface area contributed by atoms with Crippen molar-refractivity contribution in [1.82, 2.24) is 4.90 Å². The van der Waals surface area contributed by atoms with Crippen molar-refractivity contribution >= 4 is 0 Å². The van der Waals surface area contributed by atoms with Gasteiger partial charge in [0.15, 0.2) is 11.5 Å². The molecule has 26 heavy (non-hydrogen) atoms. The fraction of sp³-hybridized carbons (Fsp3) is 0.400. The summed E-state index contributed by atoms with van der Waals surface area (Å²) in [7, 11) is 5.18. The minimum absolute atomic E-state index is 0.0270. The molecular weight excluding hydrogens is 343 g/mol. The molecule has 0 saturated carbocycles. The van der Waals surface area contributed by atoms with Gasteiger partial charge in [-0.1, -0.05) is 12.1 Å². The number of benzene rings is 2. The fourth-order valence-electron chi connectivity index (χ4n) is 3.51. The number of rotatable bonds is 4. The van der Waals surface area contributed by atoms with Gasteiger partial charge in [-0.25, -0.2) is 0 Å². The lowest BCUT2D eigenvalue weighted by molar-refractivity contribution is -0.137. The van der Waals surface area contributed by atoms with Crippen LogP contribution in [0.25, 0.3) is 0 Å². The van der Waals surface area contributed by atoms with Crippen molar-refractivity contribution in [2.45, 2.75) is 25.1 Å². The number of nitrogens with zero attached hydrogens (tertiary/aromatic N) is 1. The Morgan fingerprint density at radius 2 is 1.77 bits per heavy atom. The van der Waals surface area contributed by atoms with Crippen LogP contribution in [0.2, 0.25) is 0 Å². The topological polar surface area (TPSA) is 21.7 Å². The summed E-state index contributed by atoms with van der Waals surface area (Å²) in [5.41, 5.74) is 2.21. The van der Waals surface area contributed by atoms with Gasteiger partial charge in [0.25, 0.3) is 0 Å². The summed E-state index contributed by atoms with van der Waals surface area (Å²) in [5, 5.41) is 0. The molecule has 1 aliphatic rings. The molecule has 0 aliphatic carbocycles. The molecule has 2 aromatic carbocycles. The quantitative estimate of drug-likeness (QED) is 0.797. The van der Waals surface area contributed by atoms with Crippen LogP contribution in [0.4, 0.5) is 13.2 Å². The van der Waals surface area contributed by atoms with Crippen LogP contribution in [-0.2, 0) is 19.0 Å². The second-order valence-corrected chi connectivity index (χ2v) is 6.55. The third-order valence-electron chi connectivity index (χ3n) is 4.97. The smallest absolute Gasteiger partial charge is 0.416 e. The molecule has 0 bridgehead atoms. The highest BCUT2D eigenvalue weighted by molar-refractivity contribution is 5.44. The molecule has 0 fully saturated rings. The molecule has 0 aromatic heterocycles. The zero-order valence-corrected chi connectivity index (χ0v) is 15.1. The maximum absolute atomic E-state index is 13.0. The van der Waals surface area contributed by atoms with E-state index in [4.69, 9.17) is 9.47 Å². The normalized spacial score (nSPS) is 17.7. The number of fused-ring (bicyclic) bond motifs is 1. The van der Waals surface area contributed by atoms with E-state index in [2.05, 4.69) is 4.90 Å². The van der Waals surface area contributed by atoms with Gasteiger partial charge in [-0.05, 0) is 60.8 Å². The van der Waals surface area contributed by atoms with Crippen LogP contribution >= 0.6 is 0 Å². The van der Waals surface area contributed by atoms with Crippen molar-refractivity contribution < 1.29 is 22.6 Å². The molecule has 1 heterocycles. The number of ether oxygens (including phenoxy) is 2. The Morgan fingerprint density at radius 3 is 2.42 bits per heavy atom. The van der Waals surface area contributed by atoms with E-state index in [1.165, 1.54) is 12.1 Å². The van der Waals surface area contributed by atoms with E-state index in [0.717, 1.165) is 23.2 Å². The number of likely N-dealkylation sites (N-methyl/N-ethyl adjacent to an activating group) is 1. The van der Waals surface area contributed by atoms with Gasteiger partial charge in [0.05, 0.1) is 19.8 Å². The SMILES string of the molecule is COc1ccc(C[C@H]2c3ccc(C(F)(F)F)cc3CCN2C)cc1OC. The van der Waals surface area contributed by atoms with E-state index in [0.29, 0.717) is 24.3 Å². The first-order valence-electron chi connectivity index (χ1n) is 8.44. The summed E-state index contributed by atoms with van der Waals surface area (Å²) in [6, 6.07) is 9.87. The number of halogens is 3. The molecule has 2 aromatic rings. The summed E-state index contributed by atoms with van der Waals surface area (Å²) in [5.74, 6) is 1.31. The zero-order valence-electron chi connectivity index (χ0n) is 15.1. The maximum Gasteiger partial charge on any atom is 0.416 e. The molecule has 0 saturated heterocycles. The van der Waals surface area contributed by atoms with Gasteiger partial charge in [0, 0.05) is 12.6 Å². The minimum Gasteiger partial charge on any atom is -0.493 e. The maximum atomic E-state index is 13.0. The molecule has 0 radical (unpaired) electrons. The van der Waals surface area contributed by atoms with Crippen LogP contribution in [0, 0.1) is 0 Å². The summed E-state index contributed by atoms with van der Waals surface area (Å²) < 4.78 is 49.6. The molecule has 1 atom stereocenters. The Kier molecular flexibility index (Phi) is 5.14. The number of hydrogen-bond donors (Lipinski definition) is 0. The summed E-state index contributed by atoms with van der Waals surface area (Å²) in [4.78, 5) is 2.19. The Morgan fingerprint density at radius 1 is 1.04 bits per heavy atom. The lowest BCUT2D eigenvalue weighted by Crippen LogP contribution is -2.33. The van der Waals surface area contributed by atoms with Gasteiger partial charge >= 0.3 is 6.18 Å². The third kappa shape index (κ3) is 3.65. The van der Waals surface area contributed by atoms with Crippen molar-refractivity contribution in [3.05, 3.63) is 58.7 Å². The van der Waals surface area contributed by atoms with Crippen molar-refractivity contribution in [1.29, 1.82) is 0 Å². The van der Waals surface area contributed by atoms with E-state index in [1.807, 2.05) is 25.2 Å². The molecule has 0 unspecified atom stereocenters. The third-order valence-corrected chi connectivity index (χ3v) is 4.97. The summed E-state index contributed by atoms with van der Waals surface area (Å²) in [6.07, 6.45) is -3.00. The van der Waals surface area contributed by atoms with E-state index in [-0.39, 0.29) is 6.04 Å².